The van der Waals surface area contributed by atoms with Gasteiger partial charge < -0.3 is 99.1 Å². The number of aliphatic hydroxyl groups excluding tert-OH is 7. The molecule has 25 nitrogen and oxygen atoms in total. The second-order valence-electron chi connectivity index (χ2n) is 27.9. The van der Waals surface area contributed by atoms with Gasteiger partial charge in [0.1, 0.15) is 41.7 Å². The van der Waals surface area contributed by atoms with Gasteiger partial charge in [-0.25, -0.2) is 0 Å². The zero-order valence-corrected chi connectivity index (χ0v) is 56.4. The summed E-state index contributed by atoms with van der Waals surface area (Å²) in [6, 6.07) is -1.91. The molecule has 0 unspecified atom stereocenters. The van der Waals surface area contributed by atoms with Gasteiger partial charge >= 0.3 is 17.9 Å². The van der Waals surface area contributed by atoms with E-state index in [2.05, 4.69) is 0 Å². The van der Waals surface area contributed by atoms with Crippen molar-refractivity contribution < 1.29 is 104 Å². The van der Waals surface area contributed by atoms with E-state index in [0.717, 1.165) is 0 Å². The van der Waals surface area contributed by atoms with E-state index in [-0.39, 0.29) is 63.1 Å². The molecule has 0 radical (unpaired) electrons. The Hall–Kier alpha value is -2.35. The highest BCUT2D eigenvalue weighted by Gasteiger charge is 2.53. The highest BCUT2D eigenvalue weighted by molar-refractivity contribution is 5.73. The lowest BCUT2D eigenvalue weighted by Crippen LogP contribution is -2.60. The first kappa shape index (κ1) is 78.9. The van der Waals surface area contributed by atoms with Crippen LogP contribution in [0, 0.1) is 29.6 Å². The molecule has 25 heteroatoms. The van der Waals surface area contributed by atoms with E-state index in [4.69, 9.17) is 33.2 Å². The number of cyclic esters (lactones) is 2. The van der Waals surface area contributed by atoms with Crippen molar-refractivity contribution in [1.29, 1.82) is 0 Å². The molecule has 0 saturated carbocycles. The number of β-amino-alcohol motifs (C(OH)–C–C–N with tert-alkyl or cyclic N) is 2. The fourth-order valence-electron chi connectivity index (χ4n) is 13.1. The third-order valence-corrected chi connectivity index (χ3v) is 19.2. The van der Waals surface area contributed by atoms with E-state index >= 15 is 0 Å². The predicted octanol–water partition coefficient (Wildman–Crippen LogP) is 0.608. The molecule has 4 rings (SSSR count). The number of aliphatic hydroxyl groups is 11. The van der Waals surface area contributed by atoms with Gasteiger partial charge in [0.25, 0.3) is 0 Å². The Morgan fingerprint density at radius 3 is 1.28 bits per heavy atom. The van der Waals surface area contributed by atoms with Gasteiger partial charge in [-0.3, -0.25) is 24.2 Å². The summed E-state index contributed by atoms with van der Waals surface area (Å²) in [4.78, 5) is 46.6. The quantitative estimate of drug-likeness (QED) is 0.105. The lowest BCUT2D eigenvalue weighted by Gasteiger charge is -2.47. The van der Waals surface area contributed by atoms with E-state index in [9.17, 15) is 70.6 Å². The van der Waals surface area contributed by atoms with Crippen LogP contribution in [0.4, 0.5) is 0 Å². The minimum absolute atomic E-state index is 0.00931. The number of carbonyl (C=O) groups is 3. The number of carbonyl (C=O) groups excluding carboxylic acids is 3. The van der Waals surface area contributed by atoms with Crippen molar-refractivity contribution in [2.45, 2.75) is 294 Å². The molecule has 4 saturated heterocycles. The van der Waals surface area contributed by atoms with Crippen molar-refractivity contribution in [3.05, 3.63) is 0 Å². The van der Waals surface area contributed by atoms with E-state index in [1.165, 1.54) is 41.5 Å². The van der Waals surface area contributed by atoms with Crippen LogP contribution in [-0.4, -0.2) is 294 Å². The Balaban J connectivity index is 0.000000458. The molecule has 0 aromatic carbocycles. The van der Waals surface area contributed by atoms with E-state index in [0.29, 0.717) is 12.8 Å². The monoisotopic (exact) mass is 1250 g/mol. The second kappa shape index (κ2) is 32.5. The Morgan fingerprint density at radius 1 is 0.586 bits per heavy atom. The average Bonchev–Trinajstić information content (AvgIpc) is 1.74. The zero-order chi connectivity index (χ0) is 67.1. The molecule has 87 heavy (non-hydrogen) atoms. The third kappa shape index (κ3) is 19.8. The summed E-state index contributed by atoms with van der Waals surface area (Å²) in [7, 11) is 10.7. The summed E-state index contributed by atoms with van der Waals surface area (Å²) in [5.74, 6) is -6.51. The van der Waals surface area contributed by atoms with E-state index in [1.807, 2.05) is 51.8 Å². The summed E-state index contributed by atoms with van der Waals surface area (Å²) < 4.78 is 42.3. The topological polar surface area (TPSA) is 351 Å². The first-order valence-corrected chi connectivity index (χ1v) is 31.4. The Morgan fingerprint density at radius 2 is 0.931 bits per heavy atom. The van der Waals surface area contributed by atoms with Gasteiger partial charge in [-0.05, 0) is 137 Å². The largest absolute Gasteiger partial charge is 0.459 e. The van der Waals surface area contributed by atoms with Gasteiger partial charge in [0.05, 0.1) is 83.8 Å². The minimum Gasteiger partial charge on any atom is -0.459 e. The van der Waals surface area contributed by atoms with E-state index in [1.54, 1.807) is 79.3 Å². The summed E-state index contributed by atoms with van der Waals surface area (Å²) in [5.41, 5.74) is -7.23. The highest BCUT2D eigenvalue weighted by atomic mass is 16.7. The lowest BCUT2D eigenvalue weighted by molar-refractivity contribution is -0.302. The Kier molecular flexibility index (Phi) is 29.4. The van der Waals surface area contributed by atoms with Crippen LogP contribution < -0.4 is 0 Å². The minimum atomic E-state index is -1.85. The van der Waals surface area contributed by atoms with Crippen molar-refractivity contribution in [1.82, 2.24) is 19.6 Å². The Bertz CT molecular complexity index is 2120. The Labute approximate surface area is 518 Å². The maximum atomic E-state index is 13.4. The number of esters is 3. The first-order chi connectivity index (χ1) is 39.8. The number of hydrogen-bond donors (Lipinski definition) is 11. The molecule has 0 aromatic heterocycles. The van der Waals surface area contributed by atoms with Crippen LogP contribution >= 0.6 is 0 Å². The number of likely N-dealkylation sites (N-methyl/N-ethyl adjacent to an activating group) is 4. The molecule has 4 aliphatic rings. The maximum absolute atomic E-state index is 13.4. The SMILES string of the molecule is CC[C@H]1OC(=O)[C@H](C)[C@@H](O)[C@H](C)[C@@H](O[C@@H]2O[C@H](C)C[C@H](N(C)C)[C@H]2O)[C@](C)(O)C[C@@H](O)CN(C)[C@H](C)[C@@H](O)[C@]1(C)O.CC[C@H]1OC(=O)[C@H](C)[C@@H](O)[C@H](C)[C@@H](O[C@@H]2O[C@H](C)C[C@H](N(C)C)[C@H]2OC(=O)C(C)C)[C@](C)(O)C[C@@H](O)CN(C)[C@H](C)[C@@H](O)[C@]1(C)O. The molecule has 4 heterocycles. The molecule has 0 spiro atoms. The number of nitrogens with zero attached hydrogens (tertiary/aromatic N) is 4. The lowest BCUT2D eigenvalue weighted by atomic mass is 9.79. The van der Waals surface area contributed by atoms with Gasteiger partial charge in [-0.1, -0.05) is 41.5 Å². The van der Waals surface area contributed by atoms with Gasteiger partial charge in [-0.15, -0.1) is 0 Å². The molecule has 0 aromatic rings. The van der Waals surface area contributed by atoms with Crippen molar-refractivity contribution in [3.8, 4) is 0 Å². The molecule has 4 fully saturated rings. The van der Waals surface area contributed by atoms with Crippen LogP contribution in [0.1, 0.15) is 149 Å². The summed E-state index contributed by atoms with van der Waals surface area (Å²) in [6.45, 7) is 25.9. The molecular formula is C62H118N4O21. The van der Waals surface area contributed by atoms with Gasteiger partial charge in [-0.2, -0.15) is 0 Å². The standard InChI is InChI=1S/C33H62N2O11.C29H56N2O10/c1-13-24-33(9,42)27(38)21(7)35(12)16-22(36)15-32(8,41)28(19(5)25(37)20(6)30(40)44-24)46-31-26(45-29(39)17(2)3)23(34(10)11)14-18(4)43-31;1-11-21-29(7,38)24(35)18(5)31(10)14-19(32)13-28(6,37)25(16(3)22(33)17(4)26(36)40-21)41-27-23(34)20(30(8)9)12-15(2)39-27/h17-28,31,36-38,41-42H,13-16H2,1-12H3;15-25,27,32-35,37-38H,11-14H2,1-10H3/t18-,19+,20-,21-,22-,23+,24-,25+,26-,27-,28-,31+,32-,33-;15-,16+,17-,18-,19-,20+,21-,22+,23-,24-,25-,27+,28-,29-/m11/s1. The number of rotatable bonds is 10. The van der Waals surface area contributed by atoms with Crippen LogP contribution in [0.15, 0.2) is 0 Å². The smallest absolute Gasteiger partial charge is 0.311 e. The van der Waals surface area contributed by atoms with Crippen LogP contribution in [0.25, 0.3) is 0 Å². The molecule has 0 amide bonds. The molecular weight excluding hydrogens is 1140 g/mol. The fraction of sp³-hybridized carbons (Fsp3) is 0.952. The summed E-state index contributed by atoms with van der Waals surface area (Å²) in [5, 5.41) is 125. The van der Waals surface area contributed by atoms with Crippen LogP contribution in [-0.2, 0) is 47.5 Å². The van der Waals surface area contributed by atoms with E-state index < -0.39 is 168 Å². The molecule has 0 bridgehead atoms. The molecule has 0 aliphatic carbocycles. The van der Waals surface area contributed by atoms with Crippen LogP contribution in [0.2, 0.25) is 0 Å². The zero-order valence-electron chi connectivity index (χ0n) is 56.4. The number of ether oxygens (including phenoxy) is 7. The van der Waals surface area contributed by atoms with Crippen molar-refractivity contribution in [3.63, 3.8) is 0 Å². The molecule has 4 aliphatic heterocycles. The van der Waals surface area contributed by atoms with Crippen molar-refractivity contribution >= 4 is 17.9 Å². The molecule has 28 atom stereocenters. The number of hydrogen-bond acceptors (Lipinski definition) is 25. The second-order valence-corrected chi connectivity index (χ2v) is 27.9. The maximum Gasteiger partial charge on any atom is 0.311 e. The first-order valence-electron chi connectivity index (χ1n) is 31.4. The highest BCUT2D eigenvalue weighted by Crippen LogP contribution is 2.39. The normalized spacial score (nSPS) is 46.3. The van der Waals surface area contributed by atoms with Crippen LogP contribution in [0.5, 0.6) is 0 Å². The molecule has 11 N–H and O–H groups in total. The van der Waals surface area contributed by atoms with Gasteiger partial charge in [0.15, 0.2) is 18.7 Å². The average molecular weight is 1260 g/mol. The summed E-state index contributed by atoms with van der Waals surface area (Å²) in [6.07, 6.45) is -16.0. The van der Waals surface area contributed by atoms with Crippen molar-refractivity contribution in [2.75, 3.05) is 55.4 Å². The fourth-order valence-corrected chi connectivity index (χ4v) is 13.1. The van der Waals surface area contributed by atoms with Gasteiger partial charge in [0.2, 0.25) is 0 Å². The predicted molar refractivity (Wildman–Crippen MR) is 322 cm³/mol. The molecule has 512 valence electrons. The van der Waals surface area contributed by atoms with Crippen molar-refractivity contribution in [2.24, 2.45) is 29.6 Å². The summed E-state index contributed by atoms with van der Waals surface area (Å²) >= 11 is 0. The third-order valence-electron chi connectivity index (χ3n) is 19.2. The van der Waals surface area contributed by atoms with Crippen LogP contribution in [0.3, 0.4) is 0 Å². The van der Waals surface area contributed by atoms with Gasteiger partial charge in [0, 0.05) is 55.9 Å².